The average molecular weight is 775 g/mol. The number of rotatable bonds is 25. The fourth-order valence-corrected chi connectivity index (χ4v) is 5.76. The molecule has 0 aromatic heterocycles. The molecule has 1 N–H and O–H groups in total. The summed E-state index contributed by atoms with van der Waals surface area (Å²) in [6, 6.07) is 1.69. The summed E-state index contributed by atoms with van der Waals surface area (Å²) in [5.74, 6) is -0.802. The van der Waals surface area contributed by atoms with Gasteiger partial charge in [0, 0.05) is 24.2 Å². The fourth-order valence-electron chi connectivity index (χ4n) is 4.74. The first kappa shape index (κ1) is 47.2. The molecule has 1 amide bonds. The molecule has 302 valence electrons. The highest BCUT2D eigenvalue weighted by molar-refractivity contribution is 7.98. The molecule has 0 heterocycles. The zero-order valence-electron chi connectivity index (χ0n) is 32.8. The Morgan fingerprint density at radius 1 is 0.868 bits per heavy atom. The lowest BCUT2D eigenvalue weighted by Gasteiger charge is -2.28. The first-order valence-electron chi connectivity index (χ1n) is 17.4. The molecule has 0 aliphatic heterocycles. The zero-order chi connectivity index (χ0) is 40.2. The van der Waals surface area contributed by atoms with Crippen molar-refractivity contribution in [3.8, 4) is 11.5 Å². The van der Waals surface area contributed by atoms with Crippen molar-refractivity contribution in [3.63, 3.8) is 0 Å². The Kier molecular flexibility index (Phi) is 20.5. The second kappa shape index (κ2) is 23.1. The summed E-state index contributed by atoms with van der Waals surface area (Å²) >= 11 is 1.17. The van der Waals surface area contributed by atoms with Crippen LogP contribution >= 0.6 is 11.8 Å². The van der Waals surface area contributed by atoms with Crippen molar-refractivity contribution in [1.29, 1.82) is 0 Å². The third kappa shape index (κ3) is 17.2. The van der Waals surface area contributed by atoms with Crippen molar-refractivity contribution >= 4 is 41.5 Å². The molecule has 0 aliphatic carbocycles. The highest BCUT2D eigenvalue weighted by Crippen LogP contribution is 2.37. The molecular formula is C36H58N2O14S. The van der Waals surface area contributed by atoms with E-state index in [-0.39, 0.29) is 73.7 Å². The number of esters is 3. The highest BCUT2D eigenvalue weighted by atomic mass is 32.2. The van der Waals surface area contributed by atoms with E-state index in [2.05, 4.69) is 5.32 Å². The monoisotopic (exact) mass is 774 g/mol. The number of benzene rings is 1. The smallest absolute Gasteiger partial charge is 0.408 e. The van der Waals surface area contributed by atoms with Gasteiger partial charge >= 0.3 is 24.0 Å². The molecule has 53 heavy (non-hydrogen) atoms. The van der Waals surface area contributed by atoms with Gasteiger partial charge < -0.3 is 43.2 Å². The molecule has 1 aromatic rings. The van der Waals surface area contributed by atoms with Crippen LogP contribution in [0.1, 0.15) is 79.7 Å². The Morgan fingerprint density at radius 2 is 1.51 bits per heavy atom. The molecule has 0 aliphatic rings. The maximum absolute atomic E-state index is 12.8. The quantitative estimate of drug-likeness (QED) is 0.0421. The number of thioether (sulfide) groups is 1. The van der Waals surface area contributed by atoms with Gasteiger partial charge in [0.25, 0.3) is 5.69 Å². The van der Waals surface area contributed by atoms with Crippen LogP contribution in [-0.2, 0) is 48.6 Å². The first-order chi connectivity index (χ1) is 24.8. The summed E-state index contributed by atoms with van der Waals surface area (Å²) in [6.45, 7) is 13.2. The molecule has 1 rings (SSSR count). The van der Waals surface area contributed by atoms with Gasteiger partial charge in [-0.25, -0.2) is 9.59 Å². The number of amides is 1. The third-order valence-corrected chi connectivity index (χ3v) is 9.19. The van der Waals surface area contributed by atoms with E-state index in [0.717, 1.165) is 0 Å². The van der Waals surface area contributed by atoms with Gasteiger partial charge in [0.15, 0.2) is 11.5 Å². The highest BCUT2D eigenvalue weighted by Gasteiger charge is 2.35. The minimum atomic E-state index is -1.05. The Balaban J connectivity index is 2.63. The van der Waals surface area contributed by atoms with E-state index in [1.165, 1.54) is 38.1 Å². The van der Waals surface area contributed by atoms with Crippen molar-refractivity contribution in [2.75, 3.05) is 66.7 Å². The van der Waals surface area contributed by atoms with Crippen LogP contribution in [0.3, 0.4) is 0 Å². The van der Waals surface area contributed by atoms with Gasteiger partial charge in [0.1, 0.15) is 31.5 Å². The van der Waals surface area contributed by atoms with E-state index in [1.807, 2.05) is 13.8 Å². The number of methoxy groups -OCH3 is 3. The summed E-state index contributed by atoms with van der Waals surface area (Å²) in [6.07, 6.45) is 1.53. The van der Waals surface area contributed by atoms with Crippen molar-refractivity contribution in [3.05, 3.63) is 27.8 Å². The van der Waals surface area contributed by atoms with Gasteiger partial charge in [0.2, 0.25) is 0 Å². The van der Waals surface area contributed by atoms with Crippen LogP contribution in [0, 0.1) is 20.9 Å². The van der Waals surface area contributed by atoms with Crippen LogP contribution < -0.4 is 14.8 Å². The molecule has 0 saturated heterocycles. The maximum Gasteiger partial charge on any atom is 0.408 e. The van der Waals surface area contributed by atoms with E-state index >= 15 is 0 Å². The molecule has 0 radical (unpaired) electrons. The zero-order valence-corrected chi connectivity index (χ0v) is 33.6. The lowest BCUT2D eigenvalue weighted by Crippen LogP contribution is -2.45. The lowest BCUT2D eigenvalue weighted by atomic mass is 9.79. The summed E-state index contributed by atoms with van der Waals surface area (Å²) in [7, 11) is 4.13. The van der Waals surface area contributed by atoms with Gasteiger partial charge in [-0.2, -0.15) is 11.8 Å². The number of hydrogen-bond acceptors (Lipinski definition) is 15. The number of alkyl carbamates (subject to hydrolysis) is 1. The first-order valence-corrected chi connectivity index (χ1v) is 18.5. The number of nitrogens with one attached hydrogen (secondary N) is 1. The van der Waals surface area contributed by atoms with Gasteiger partial charge in [-0.05, 0) is 66.9 Å². The second-order valence-corrected chi connectivity index (χ2v) is 15.0. The molecule has 2 unspecified atom stereocenters. The minimum absolute atomic E-state index is 0.0199. The molecular weight excluding hydrogens is 716 g/mol. The van der Waals surface area contributed by atoms with Crippen LogP contribution in [0.4, 0.5) is 10.5 Å². The lowest BCUT2D eigenvalue weighted by molar-refractivity contribution is -0.385. The standard InChI is InChI=1S/C36H58N2O14S/c1-11-36(7,32(41)51-18-15-45-8)14-12-13-35(5,6)31(40)50-20-17-48-16-19-49-29-22-27(38(43)44)25(21-28(29)46-9)23-53-24-26(30(39)47-10)37-33(42)52-34(2,3)4/h21-22,26H,11-20,23-24H2,1-10H3,(H,37,42). The van der Waals surface area contributed by atoms with Gasteiger partial charge in [-0.3, -0.25) is 19.7 Å². The fraction of sp³-hybridized carbons (Fsp3) is 0.722. The van der Waals surface area contributed by atoms with E-state index in [9.17, 15) is 29.3 Å². The number of carbonyl (C=O) groups excluding carboxylic acids is 4. The maximum atomic E-state index is 12.8. The number of hydrogen-bond donors (Lipinski definition) is 1. The number of nitro groups is 1. The topological polar surface area (TPSA) is 197 Å². The normalized spacial score (nSPS) is 13.2. The number of carbonyl (C=O) groups is 4. The van der Waals surface area contributed by atoms with Crippen LogP contribution in [-0.4, -0.2) is 107 Å². The second-order valence-electron chi connectivity index (χ2n) is 14.0. The Bertz CT molecular complexity index is 1350. The van der Waals surface area contributed by atoms with Crippen molar-refractivity contribution in [1.82, 2.24) is 5.32 Å². The predicted octanol–water partition coefficient (Wildman–Crippen LogP) is 5.64. The summed E-state index contributed by atoms with van der Waals surface area (Å²) < 4.78 is 42.4. The van der Waals surface area contributed by atoms with Crippen LogP contribution in [0.5, 0.6) is 11.5 Å². The number of ether oxygens (including phenoxy) is 8. The summed E-state index contributed by atoms with van der Waals surface area (Å²) in [4.78, 5) is 61.2. The van der Waals surface area contributed by atoms with Crippen molar-refractivity contribution < 1.29 is 62.0 Å². The Morgan fingerprint density at radius 3 is 2.09 bits per heavy atom. The minimum Gasteiger partial charge on any atom is -0.493 e. The van der Waals surface area contributed by atoms with Gasteiger partial charge in [0.05, 0.1) is 55.9 Å². The molecule has 0 saturated carbocycles. The number of nitro benzene ring substituents is 1. The van der Waals surface area contributed by atoms with Crippen LogP contribution in [0.25, 0.3) is 0 Å². The SMILES string of the molecule is CCC(C)(CCCC(C)(C)C(=O)OCCOCCOc1cc([N+](=O)[O-])c(CSCC(NC(=O)OC(C)(C)C)C(=O)OC)cc1OC)C(=O)OCCOC. The summed E-state index contributed by atoms with van der Waals surface area (Å²) in [5, 5.41) is 14.4. The molecule has 0 spiro atoms. The van der Waals surface area contributed by atoms with Gasteiger partial charge in [-0.15, -0.1) is 0 Å². The van der Waals surface area contributed by atoms with Crippen molar-refractivity contribution in [2.24, 2.45) is 10.8 Å². The van der Waals surface area contributed by atoms with Gasteiger partial charge in [-0.1, -0.05) is 13.3 Å². The molecule has 1 aromatic carbocycles. The molecule has 2 atom stereocenters. The molecule has 0 bridgehead atoms. The Labute approximate surface area is 316 Å². The van der Waals surface area contributed by atoms with E-state index in [0.29, 0.717) is 37.9 Å². The molecule has 17 heteroatoms. The largest absolute Gasteiger partial charge is 0.493 e. The number of nitrogens with zero attached hydrogens (tertiary/aromatic N) is 1. The summed E-state index contributed by atoms with van der Waals surface area (Å²) in [5.41, 5.74) is -2.11. The van der Waals surface area contributed by atoms with E-state index in [4.69, 9.17) is 37.9 Å². The van der Waals surface area contributed by atoms with Crippen LogP contribution in [0.15, 0.2) is 12.1 Å². The third-order valence-electron chi connectivity index (χ3n) is 8.10. The van der Waals surface area contributed by atoms with E-state index in [1.54, 1.807) is 41.7 Å². The Hall–Kier alpha value is -3.83. The molecule has 0 fully saturated rings. The van der Waals surface area contributed by atoms with Crippen molar-refractivity contribution in [2.45, 2.75) is 91.5 Å². The van der Waals surface area contributed by atoms with Crippen LogP contribution in [0.2, 0.25) is 0 Å². The predicted molar refractivity (Wildman–Crippen MR) is 197 cm³/mol. The van der Waals surface area contributed by atoms with E-state index < -0.39 is 39.5 Å². The molecule has 16 nitrogen and oxygen atoms in total. The average Bonchev–Trinajstić information content (AvgIpc) is 3.09.